The molecule has 0 fully saturated rings. The van der Waals surface area contributed by atoms with E-state index >= 15 is 0 Å². The lowest BCUT2D eigenvalue weighted by Gasteiger charge is -2.29. The van der Waals surface area contributed by atoms with Crippen molar-refractivity contribution >= 4 is 44.6 Å². The van der Waals surface area contributed by atoms with Crippen molar-refractivity contribution < 1.29 is 14.3 Å². The SMILES string of the molecule is [2H]c1c([2H])c(-c2cnc(-n3c4ccccc4c4ccc(Oc5cccc(N6CN(c7cc(C(C)(C)C)cc(C(C)(C)C)c7)c7cc(-c8ccc(C(C)(C)C)cc8)ccc76)c5)cc43)cc2C([2H])([2H])[2H])c([2H])c(C(C)(C)C)c1[2H]. The monoisotopic (exact) mass is 928 g/mol. The van der Waals surface area contributed by atoms with Gasteiger partial charge in [-0.05, 0) is 134 Å². The van der Waals surface area contributed by atoms with Crippen LogP contribution in [0.15, 0.2) is 164 Å². The maximum absolute atomic E-state index is 9.23. The van der Waals surface area contributed by atoms with Crippen LogP contribution in [-0.4, -0.2) is 16.2 Å². The third kappa shape index (κ3) is 8.87. The predicted octanol–water partition coefficient (Wildman–Crippen LogP) is 18.1. The first-order valence-electron chi connectivity index (χ1n) is 27.9. The number of ether oxygens (including phenoxy) is 1. The van der Waals surface area contributed by atoms with Crippen molar-refractivity contribution in [3.05, 3.63) is 192 Å². The smallest absolute Gasteiger partial charge is 0.137 e. The Kier molecular flexibility index (Phi) is 9.45. The number of hydrogen-bond donors (Lipinski definition) is 0. The number of pyridine rings is 1. The highest BCUT2D eigenvalue weighted by Crippen LogP contribution is 2.48. The van der Waals surface area contributed by atoms with Crippen LogP contribution in [0.5, 0.6) is 11.5 Å². The van der Waals surface area contributed by atoms with E-state index < -0.39 is 12.3 Å². The summed E-state index contributed by atoms with van der Waals surface area (Å²) in [4.78, 5) is 9.65. The second kappa shape index (κ2) is 17.1. The number of hydrogen-bond acceptors (Lipinski definition) is 4. The van der Waals surface area contributed by atoms with Gasteiger partial charge in [0.2, 0.25) is 0 Å². The van der Waals surface area contributed by atoms with Gasteiger partial charge in [-0.2, -0.15) is 0 Å². The van der Waals surface area contributed by atoms with Gasteiger partial charge in [-0.15, -0.1) is 0 Å². The van der Waals surface area contributed by atoms with Crippen molar-refractivity contribution in [3.8, 4) is 39.6 Å². The molecule has 0 amide bonds. The topological polar surface area (TPSA) is 33.5 Å². The number of fused-ring (bicyclic) bond motifs is 4. The molecular weight excluding hydrogens is 853 g/mol. The van der Waals surface area contributed by atoms with Crippen molar-refractivity contribution in [1.82, 2.24) is 9.55 Å². The second-order valence-electron chi connectivity index (χ2n) is 23.0. The van der Waals surface area contributed by atoms with Crippen LogP contribution in [-0.2, 0) is 21.7 Å². The van der Waals surface area contributed by atoms with Crippen LogP contribution >= 0.6 is 0 Å². The maximum Gasteiger partial charge on any atom is 0.137 e. The molecule has 0 N–H and O–H groups in total. The molecule has 9 aromatic rings. The van der Waals surface area contributed by atoms with E-state index in [0.29, 0.717) is 24.0 Å². The van der Waals surface area contributed by atoms with Gasteiger partial charge in [-0.3, -0.25) is 4.57 Å². The zero-order valence-electron chi connectivity index (χ0n) is 49.7. The van der Waals surface area contributed by atoms with Gasteiger partial charge in [0.25, 0.3) is 0 Å². The number of aromatic nitrogens is 2. The molecule has 0 spiro atoms. The fourth-order valence-corrected chi connectivity index (χ4v) is 9.41. The first-order chi connectivity index (χ1) is 36.0. The van der Waals surface area contributed by atoms with Crippen molar-refractivity contribution in [3.63, 3.8) is 0 Å². The van der Waals surface area contributed by atoms with E-state index in [1.54, 1.807) is 0 Å². The van der Waals surface area contributed by atoms with Gasteiger partial charge in [0.15, 0.2) is 0 Å². The van der Waals surface area contributed by atoms with E-state index in [0.717, 1.165) is 55.7 Å². The number of anilines is 4. The van der Waals surface area contributed by atoms with E-state index in [1.165, 1.54) is 29.0 Å². The molecule has 1 aliphatic rings. The molecule has 0 unspecified atom stereocenters. The average Bonchev–Trinajstić information content (AvgIpc) is 4.09. The molecule has 0 aliphatic carbocycles. The summed E-state index contributed by atoms with van der Waals surface area (Å²) in [7, 11) is 0. The Morgan fingerprint density at radius 2 is 1.17 bits per heavy atom. The molecule has 0 bridgehead atoms. The largest absolute Gasteiger partial charge is 0.457 e. The highest BCUT2D eigenvalue weighted by atomic mass is 16.5. The van der Waals surface area contributed by atoms with Gasteiger partial charge >= 0.3 is 0 Å². The first-order valence-corrected chi connectivity index (χ1v) is 24.4. The normalized spacial score (nSPS) is 15.0. The number of aryl methyl sites for hydroxylation is 1. The highest BCUT2D eigenvalue weighted by Gasteiger charge is 2.31. The quantitative estimate of drug-likeness (QED) is 0.159. The van der Waals surface area contributed by atoms with Crippen LogP contribution in [0.2, 0.25) is 0 Å². The zero-order chi connectivity index (χ0) is 55.5. The predicted molar refractivity (Wildman–Crippen MR) is 298 cm³/mol. The number of para-hydroxylation sites is 1. The average molecular weight is 928 g/mol. The summed E-state index contributed by atoms with van der Waals surface area (Å²) in [5.74, 6) is 1.53. The highest BCUT2D eigenvalue weighted by molar-refractivity contribution is 6.09. The Bertz CT molecular complexity index is 3760. The molecule has 1 aliphatic heterocycles. The van der Waals surface area contributed by atoms with E-state index in [-0.39, 0.29) is 62.7 Å². The minimum atomic E-state index is -2.69. The second-order valence-corrected chi connectivity index (χ2v) is 23.0. The van der Waals surface area contributed by atoms with Crippen molar-refractivity contribution in [2.45, 2.75) is 112 Å². The molecule has 70 heavy (non-hydrogen) atoms. The van der Waals surface area contributed by atoms with Crippen LogP contribution in [0.1, 0.15) is 120 Å². The van der Waals surface area contributed by atoms with Crippen LogP contribution < -0.4 is 14.5 Å². The lowest BCUT2D eigenvalue weighted by atomic mass is 9.80. The van der Waals surface area contributed by atoms with Crippen molar-refractivity contribution in [2.24, 2.45) is 0 Å². The standard InChI is InChI=1S/C65H68N4O/c1-42-32-61(66-40-56(42)45-18-16-19-47(33-45)63(5,6)7)69-57-23-15-14-22-54(57)55-30-29-53(39-59(55)69)70-52-21-17-20-50(38-52)67-41-68(51-36-48(64(8,9)10)35-49(37-51)65(11,12)13)60-34-44(26-31-58(60)67)43-24-27-46(28-25-43)62(2,3)4/h14-40H,41H2,1-13H3/i1D3,16D,18D,19D,33D. The summed E-state index contributed by atoms with van der Waals surface area (Å²) in [6.45, 7) is 23.8. The van der Waals surface area contributed by atoms with Gasteiger partial charge in [0.1, 0.15) is 24.0 Å². The van der Waals surface area contributed by atoms with Gasteiger partial charge < -0.3 is 14.5 Å². The fraction of sp³-hybridized carbons (Fsp3) is 0.277. The minimum absolute atomic E-state index is 0.0255. The van der Waals surface area contributed by atoms with Crippen LogP contribution in [0.4, 0.5) is 22.7 Å². The van der Waals surface area contributed by atoms with Gasteiger partial charge in [0.05, 0.1) is 27.9 Å². The summed E-state index contributed by atoms with van der Waals surface area (Å²) in [6, 6.07) is 45.2. The Morgan fingerprint density at radius 1 is 0.514 bits per heavy atom. The summed E-state index contributed by atoms with van der Waals surface area (Å²) in [5, 5.41) is 1.84. The summed E-state index contributed by atoms with van der Waals surface area (Å²) >= 11 is 0. The molecule has 5 nitrogen and oxygen atoms in total. The van der Waals surface area contributed by atoms with Gasteiger partial charge in [-0.25, -0.2) is 4.98 Å². The fourth-order valence-electron chi connectivity index (χ4n) is 9.41. The van der Waals surface area contributed by atoms with Crippen molar-refractivity contribution in [2.75, 3.05) is 16.5 Å². The molecule has 5 heteroatoms. The molecular formula is C65H68N4O. The minimum Gasteiger partial charge on any atom is -0.457 e. The molecule has 0 atom stereocenters. The molecule has 10 rings (SSSR count). The van der Waals surface area contributed by atoms with Gasteiger partial charge in [0, 0.05) is 50.2 Å². The molecule has 354 valence electrons. The molecule has 3 heterocycles. The molecule has 0 saturated heterocycles. The lowest BCUT2D eigenvalue weighted by Crippen LogP contribution is -2.25. The van der Waals surface area contributed by atoms with Crippen LogP contribution in [0, 0.1) is 6.85 Å². The Labute approximate surface area is 426 Å². The van der Waals surface area contributed by atoms with Crippen molar-refractivity contribution in [1.29, 1.82) is 0 Å². The Hall–Kier alpha value is -7.11. The summed E-state index contributed by atoms with van der Waals surface area (Å²) in [5.41, 5.74) is 11.4. The number of nitrogens with zero attached hydrogens (tertiary/aromatic N) is 4. The first kappa shape index (κ1) is 38.7. The maximum atomic E-state index is 9.23. The van der Waals surface area contributed by atoms with E-state index in [9.17, 15) is 1.37 Å². The summed E-state index contributed by atoms with van der Waals surface area (Å²) in [6.07, 6.45) is 1.40. The van der Waals surface area contributed by atoms with Crippen LogP contribution in [0.3, 0.4) is 0 Å². The van der Waals surface area contributed by atoms with E-state index in [4.69, 9.17) is 17.9 Å². The lowest BCUT2D eigenvalue weighted by molar-refractivity contribution is 0.483. The molecule has 7 aromatic carbocycles. The number of rotatable bonds is 7. The van der Waals surface area contributed by atoms with Gasteiger partial charge in [-0.1, -0.05) is 168 Å². The molecule has 2 aromatic heterocycles. The Morgan fingerprint density at radius 3 is 1.87 bits per heavy atom. The Balaban J connectivity index is 1.05. The van der Waals surface area contributed by atoms with E-state index in [1.807, 2.05) is 79.9 Å². The molecule has 0 radical (unpaired) electrons. The summed E-state index contributed by atoms with van der Waals surface area (Å²) < 4.78 is 70.5. The molecule has 0 saturated carbocycles. The third-order valence-electron chi connectivity index (χ3n) is 13.7. The number of benzene rings is 7. The third-order valence-corrected chi connectivity index (χ3v) is 13.7. The zero-order valence-corrected chi connectivity index (χ0v) is 42.7. The van der Waals surface area contributed by atoms with E-state index in [2.05, 4.69) is 145 Å². The van der Waals surface area contributed by atoms with Crippen LogP contribution in [0.25, 0.3) is 49.9 Å².